The Kier molecular flexibility index (Phi) is 4.59. The summed E-state index contributed by atoms with van der Waals surface area (Å²) >= 11 is 0. The predicted molar refractivity (Wildman–Crippen MR) is 94.6 cm³/mol. The van der Waals surface area contributed by atoms with E-state index in [-0.39, 0.29) is 0 Å². The molecule has 0 aliphatic carbocycles. The molecule has 2 aliphatic heterocycles. The highest BCUT2D eigenvalue weighted by atomic mass is 16.5. The quantitative estimate of drug-likeness (QED) is 0.923. The number of aromatic nitrogens is 2. The van der Waals surface area contributed by atoms with E-state index in [4.69, 9.17) is 14.5 Å². The largest absolute Gasteiger partial charge is 0.450 e. The van der Waals surface area contributed by atoms with Gasteiger partial charge in [0.2, 0.25) is 0 Å². The lowest BCUT2D eigenvalue weighted by Crippen LogP contribution is -2.38. The van der Waals surface area contributed by atoms with Gasteiger partial charge in [0, 0.05) is 31.9 Å². The molecule has 1 aromatic carbocycles. The van der Waals surface area contributed by atoms with Crippen LogP contribution in [0.5, 0.6) is 0 Å². The molecule has 1 aromatic heterocycles. The third-order valence-electron chi connectivity index (χ3n) is 4.84. The molecule has 0 spiro atoms. The summed E-state index contributed by atoms with van der Waals surface area (Å²) in [5.41, 5.74) is 2.72. The zero-order chi connectivity index (χ0) is 17.2. The predicted octanol–water partition coefficient (Wildman–Crippen LogP) is 2.60. The van der Waals surface area contributed by atoms with Crippen molar-refractivity contribution in [2.45, 2.75) is 39.0 Å². The van der Waals surface area contributed by atoms with Crippen molar-refractivity contribution in [1.29, 1.82) is 0 Å². The minimum Gasteiger partial charge on any atom is -0.450 e. The van der Waals surface area contributed by atoms with Gasteiger partial charge in [-0.25, -0.2) is 9.78 Å². The van der Waals surface area contributed by atoms with Crippen LogP contribution in [0.1, 0.15) is 25.6 Å². The Balaban J connectivity index is 1.49. The number of hydrogen-bond acceptors (Lipinski definition) is 5. The minimum absolute atomic E-state index is 0.355. The van der Waals surface area contributed by atoms with Gasteiger partial charge in [-0.2, -0.15) is 0 Å². The van der Waals surface area contributed by atoms with Crippen LogP contribution in [-0.4, -0.2) is 53.0 Å². The summed E-state index contributed by atoms with van der Waals surface area (Å²) in [6.07, 6.45) is 2.27. The Morgan fingerprint density at radius 1 is 1.44 bits per heavy atom. The van der Waals surface area contributed by atoms with Crippen LogP contribution < -0.4 is 5.32 Å². The molecule has 0 saturated carbocycles. The number of rotatable bonds is 4. The summed E-state index contributed by atoms with van der Waals surface area (Å²) in [6, 6.07) is 5.82. The topological polar surface area (TPSA) is 68.6 Å². The second kappa shape index (κ2) is 7.01. The van der Waals surface area contributed by atoms with Crippen molar-refractivity contribution < 1.29 is 14.3 Å². The summed E-state index contributed by atoms with van der Waals surface area (Å²) in [5, 5.41) is 2.74. The third kappa shape index (κ3) is 3.48. The molecular weight excluding hydrogens is 320 g/mol. The van der Waals surface area contributed by atoms with Gasteiger partial charge in [-0.3, -0.25) is 10.2 Å². The SMILES string of the molecule is CCOC(=O)Nc1ccc2c(c1)nc1n2CCN(CC2CCCO2)C1. The van der Waals surface area contributed by atoms with Gasteiger partial charge in [-0.15, -0.1) is 0 Å². The Morgan fingerprint density at radius 3 is 3.16 bits per heavy atom. The number of nitrogens with zero attached hydrogens (tertiary/aromatic N) is 3. The fourth-order valence-electron chi connectivity index (χ4n) is 3.67. The monoisotopic (exact) mass is 344 g/mol. The Bertz CT molecular complexity index is 767. The number of fused-ring (bicyclic) bond motifs is 3. The Hall–Kier alpha value is -2.12. The van der Waals surface area contributed by atoms with Crippen molar-refractivity contribution in [2.24, 2.45) is 0 Å². The van der Waals surface area contributed by atoms with Crippen LogP contribution in [0.15, 0.2) is 18.2 Å². The molecule has 134 valence electrons. The first-order valence-electron chi connectivity index (χ1n) is 9.00. The van der Waals surface area contributed by atoms with Gasteiger partial charge in [0.05, 0.1) is 30.3 Å². The molecule has 1 atom stereocenters. The van der Waals surface area contributed by atoms with Gasteiger partial charge in [-0.1, -0.05) is 0 Å². The molecular formula is C18H24N4O3. The molecule has 7 heteroatoms. The van der Waals surface area contributed by atoms with Crippen LogP contribution in [0.25, 0.3) is 11.0 Å². The van der Waals surface area contributed by atoms with Crippen LogP contribution in [-0.2, 0) is 22.6 Å². The third-order valence-corrected chi connectivity index (χ3v) is 4.84. The fraction of sp³-hybridized carbons (Fsp3) is 0.556. The van der Waals surface area contributed by atoms with Crippen LogP contribution in [0.2, 0.25) is 0 Å². The number of anilines is 1. The molecule has 1 amide bonds. The minimum atomic E-state index is -0.437. The van der Waals surface area contributed by atoms with Gasteiger partial charge in [0.25, 0.3) is 0 Å². The highest BCUT2D eigenvalue weighted by Crippen LogP contribution is 2.25. The lowest BCUT2D eigenvalue weighted by molar-refractivity contribution is 0.0636. The molecule has 2 aromatic rings. The molecule has 0 radical (unpaired) electrons. The molecule has 7 nitrogen and oxygen atoms in total. The zero-order valence-electron chi connectivity index (χ0n) is 14.5. The number of carbonyl (C=O) groups excluding carboxylic acids is 1. The molecule has 25 heavy (non-hydrogen) atoms. The maximum atomic E-state index is 11.6. The van der Waals surface area contributed by atoms with E-state index in [1.54, 1.807) is 6.92 Å². The first-order valence-corrected chi connectivity index (χ1v) is 9.00. The maximum absolute atomic E-state index is 11.6. The summed E-state index contributed by atoms with van der Waals surface area (Å²) in [7, 11) is 0. The summed E-state index contributed by atoms with van der Waals surface area (Å²) in [4.78, 5) is 18.8. The summed E-state index contributed by atoms with van der Waals surface area (Å²) < 4.78 is 12.9. The van der Waals surface area contributed by atoms with Gasteiger partial charge >= 0.3 is 6.09 Å². The van der Waals surface area contributed by atoms with Crippen LogP contribution >= 0.6 is 0 Å². The van der Waals surface area contributed by atoms with Crippen LogP contribution in [0, 0.1) is 0 Å². The van der Waals surface area contributed by atoms with E-state index in [0.29, 0.717) is 18.4 Å². The Morgan fingerprint density at radius 2 is 2.36 bits per heavy atom. The average molecular weight is 344 g/mol. The smallest absolute Gasteiger partial charge is 0.411 e. The van der Waals surface area contributed by atoms with E-state index in [2.05, 4.69) is 14.8 Å². The van der Waals surface area contributed by atoms with Crippen molar-refractivity contribution in [1.82, 2.24) is 14.5 Å². The Labute approximate surface area is 146 Å². The lowest BCUT2D eigenvalue weighted by Gasteiger charge is -2.29. The summed E-state index contributed by atoms with van der Waals surface area (Å²) in [5.74, 6) is 1.08. The molecule has 1 saturated heterocycles. The van der Waals surface area contributed by atoms with Gasteiger partial charge in [0.15, 0.2) is 0 Å². The molecule has 1 fully saturated rings. The molecule has 4 rings (SSSR count). The number of amides is 1. The normalized spacial score (nSPS) is 20.6. The molecule has 1 N–H and O–H groups in total. The van der Waals surface area contributed by atoms with E-state index in [9.17, 15) is 4.79 Å². The lowest BCUT2D eigenvalue weighted by atomic mass is 10.2. The first kappa shape index (κ1) is 16.4. The van der Waals surface area contributed by atoms with Crippen LogP contribution in [0.4, 0.5) is 10.5 Å². The molecule has 3 heterocycles. The second-order valence-electron chi connectivity index (χ2n) is 6.60. The van der Waals surface area contributed by atoms with Crippen molar-refractivity contribution >= 4 is 22.8 Å². The van der Waals surface area contributed by atoms with E-state index >= 15 is 0 Å². The highest BCUT2D eigenvalue weighted by molar-refractivity contribution is 5.89. The van der Waals surface area contributed by atoms with Crippen molar-refractivity contribution in [3.8, 4) is 0 Å². The number of ether oxygens (including phenoxy) is 2. The number of hydrogen-bond donors (Lipinski definition) is 1. The van der Waals surface area contributed by atoms with Gasteiger partial charge in [-0.05, 0) is 38.0 Å². The fourth-order valence-corrected chi connectivity index (χ4v) is 3.67. The van der Waals surface area contributed by atoms with E-state index < -0.39 is 6.09 Å². The average Bonchev–Trinajstić information content (AvgIpc) is 3.21. The molecule has 0 bridgehead atoms. The van der Waals surface area contributed by atoms with E-state index in [1.165, 1.54) is 6.42 Å². The number of nitrogens with one attached hydrogen (secondary N) is 1. The molecule has 1 unspecified atom stereocenters. The number of carbonyl (C=O) groups is 1. The highest BCUT2D eigenvalue weighted by Gasteiger charge is 2.24. The van der Waals surface area contributed by atoms with E-state index in [1.807, 2.05) is 18.2 Å². The zero-order valence-corrected chi connectivity index (χ0v) is 14.5. The van der Waals surface area contributed by atoms with Crippen molar-refractivity contribution in [2.75, 3.05) is 31.6 Å². The van der Waals surface area contributed by atoms with Crippen molar-refractivity contribution in [3.05, 3.63) is 24.0 Å². The van der Waals surface area contributed by atoms with Crippen molar-refractivity contribution in [3.63, 3.8) is 0 Å². The van der Waals surface area contributed by atoms with Gasteiger partial charge in [0.1, 0.15) is 5.82 Å². The van der Waals surface area contributed by atoms with Gasteiger partial charge < -0.3 is 14.0 Å². The number of benzene rings is 1. The second-order valence-corrected chi connectivity index (χ2v) is 6.60. The maximum Gasteiger partial charge on any atom is 0.411 e. The first-order chi connectivity index (χ1) is 12.2. The molecule has 2 aliphatic rings. The number of imidazole rings is 1. The van der Waals surface area contributed by atoms with E-state index in [0.717, 1.165) is 56.1 Å². The summed E-state index contributed by atoms with van der Waals surface area (Å²) in [6.45, 7) is 6.81. The van der Waals surface area contributed by atoms with Crippen LogP contribution in [0.3, 0.4) is 0 Å². The standard InChI is InChI=1S/C18H24N4O3/c1-2-24-18(23)19-13-5-6-16-15(10-13)20-17-12-21(7-8-22(16)17)11-14-4-3-9-25-14/h5-6,10,14H,2-4,7-9,11-12H2,1H3,(H,19,23).